The van der Waals surface area contributed by atoms with Gasteiger partial charge in [-0.05, 0) is 29.3 Å². The SMILES string of the molecule is O=C(/C=C/c1ccccc1)Oc1cccc(CCl)c1. The van der Waals surface area contributed by atoms with Crippen LogP contribution in [0.2, 0.25) is 0 Å². The number of esters is 1. The standard InChI is InChI=1S/C16H13ClO2/c17-12-14-7-4-8-15(11-14)19-16(18)10-9-13-5-2-1-3-6-13/h1-11H,12H2/b10-9+. The summed E-state index contributed by atoms with van der Waals surface area (Å²) >= 11 is 5.72. The van der Waals surface area contributed by atoms with Crippen molar-refractivity contribution in [3.05, 3.63) is 71.8 Å². The number of rotatable bonds is 4. The molecular formula is C16H13ClO2. The zero-order chi connectivity index (χ0) is 13.5. The molecule has 0 aliphatic rings. The van der Waals surface area contributed by atoms with Gasteiger partial charge in [0.1, 0.15) is 5.75 Å². The minimum Gasteiger partial charge on any atom is -0.423 e. The van der Waals surface area contributed by atoms with Crippen molar-refractivity contribution in [3.63, 3.8) is 0 Å². The van der Waals surface area contributed by atoms with Gasteiger partial charge in [-0.15, -0.1) is 11.6 Å². The van der Waals surface area contributed by atoms with Gasteiger partial charge < -0.3 is 4.74 Å². The van der Waals surface area contributed by atoms with E-state index in [1.165, 1.54) is 6.08 Å². The average molecular weight is 273 g/mol. The Morgan fingerprint density at radius 2 is 1.89 bits per heavy atom. The van der Waals surface area contributed by atoms with Crippen molar-refractivity contribution >= 4 is 23.6 Å². The molecule has 2 aromatic rings. The largest absolute Gasteiger partial charge is 0.423 e. The predicted molar refractivity (Wildman–Crippen MR) is 77.1 cm³/mol. The second-order valence-corrected chi connectivity index (χ2v) is 4.21. The molecule has 0 atom stereocenters. The van der Waals surface area contributed by atoms with Gasteiger partial charge in [-0.1, -0.05) is 42.5 Å². The molecule has 0 saturated carbocycles. The molecule has 0 aromatic heterocycles. The molecule has 19 heavy (non-hydrogen) atoms. The van der Waals surface area contributed by atoms with Crippen molar-refractivity contribution < 1.29 is 9.53 Å². The van der Waals surface area contributed by atoms with E-state index in [1.807, 2.05) is 36.4 Å². The van der Waals surface area contributed by atoms with Crippen LogP contribution in [0.25, 0.3) is 6.08 Å². The van der Waals surface area contributed by atoms with E-state index in [0.29, 0.717) is 11.6 Å². The molecule has 0 unspecified atom stereocenters. The Labute approximate surface area is 117 Å². The number of carbonyl (C=O) groups excluding carboxylic acids is 1. The molecule has 0 fully saturated rings. The molecule has 2 nitrogen and oxygen atoms in total. The normalized spacial score (nSPS) is 10.6. The number of carbonyl (C=O) groups is 1. The molecule has 0 radical (unpaired) electrons. The first-order valence-corrected chi connectivity index (χ1v) is 6.41. The lowest BCUT2D eigenvalue weighted by Crippen LogP contribution is -2.03. The van der Waals surface area contributed by atoms with Crippen molar-refractivity contribution in [1.82, 2.24) is 0 Å². The quantitative estimate of drug-likeness (QED) is 0.363. The van der Waals surface area contributed by atoms with E-state index in [4.69, 9.17) is 16.3 Å². The number of halogens is 1. The van der Waals surface area contributed by atoms with Gasteiger partial charge >= 0.3 is 5.97 Å². The van der Waals surface area contributed by atoms with Gasteiger partial charge in [-0.3, -0.25) is 0 Å². The second-order valence-electron chi connectivity index (χ2n) is 3.95. The molecule has 3 heteroatoms. The smallest absolute Gasteiger partial charge is 0.336 e. The van der Waals surface area contributed by atoms with Crippen molar-refractivity contribution in [1.29, 1.82) is 0 Å². The van der Waals surface area contributed by atoms with Gasteiger partial charge in [0.15, 0.2) is 0 Å². The van der Waals surface area contributed by atoms with Crippen LogP contribution < -0.4 is 4.74 Å². The number of hydrogen-bond donors (Lipinski definition) is 0. The number of ether oxygens (including phenoxy) is 1. The Morgan fingerprint density at radius 3 is 2.63 bits per heavy atom. The van der Waals surface area contributed by atoms with Gasteiger partial charge in [-0.25, -0.2) is 4.79 Å². The van der Waals surface area contributed by atoms with E-state index >= 15 is 0 Å². The molecule has 0 saturated heterocycles. The van der Waals surface area contributed by atoms with Crippen molar-refractivity contribution in [2.24, 2.45) is 0 Å². The average Bonchev–Trinajstić information content (AvgIpc) is 2.46. The topological polar surface area (TPSA) is 26.3 Å². The van der Waals surface area contributed by atoms with Crippen LogP contribution in [0.4, 0.5) is 0 Å². The number of hydrogen-bond acceptors (Lipinski definition) is 2. The molecule has 2 aromatic carbocycles. The van der Waals surface area contributed by atoms with Crippen molar-refractivity contribution in [2.75, 3.05) is 0 Å². The first-order valence-electron chi connectivity index (χ1n) is 5.88. The molecule has 0 heterocycles. The summed E-state index contributed by atoms with van der Waals surface area (Å²) in [5.74, 6) is 0.488. The highest BCUT2D eigenvalue weighted by Crippen LogP contribution is 2.15. The van der Waals surface area contributed by atoms with Crippen molar-refractivity contribution in [2.45, 2.75) is 5.88 Å². The van der Waals surface area contributed by atoms with Crippen LogP contribution in [0.1, 0.15) is 11.1 Å². The summed E-state index contributed by atoms with van der Waals surface area (Å²) in [4.78, 5) is 11.6. The molecule has 0 aliphatic carbocycles. The van der Waals surface area contributed by atoms with Crippen LogP contribution in [-0.4, -0.2) is 5.97 Å². The van der Waals surface area contributed by atoms with Gasteiger partial charge in [0.2, 0.25) is 0 Å². The maximum atomic E-state index is 11.6. The van der Waals surface area contributed by atoms with Crippen LogP contribution in [0, 0.1) is 0 Å². The first kappa shape index (κ1) is 13.4. The van der Waals surface area contributed by atoms with E-state index in [0.717, 1.165) is 11.1 Å². The third-order valence-corrected chi connectivity index (χ3v) is 2.79. The predicted octanol–water partition coefficient (Wildman–Crippen LogP) is 4.04. The van der Waals surface area contributed by atoms with Crippen LogP contribution in [0.3, 0.4) is 0 Å². The molecule has 0 bridgehead atoms. The third-order valence-electron chi connectivity index (χ3n) is 2.48. The van der Waals surface area contributed by atoms with E-state index in [9.17, 15) is 4.79 Å². The maximum Gasteiger partial charge on any atom is 0.336 e. The summed E-state index contributed by atoms with van der Waals surface area (Å²) in [6, 6.07) is 16.7. The zero-order valence-electron chi connectivity index (χ0n) is 10.3. The summed E-state index contributed by atoms with van der Waals surface area (Å²) in [5.41, 5.74) is 1.87. The lowest BCUT2D eigenvalue weighted by molar-refractivity contribution is -0.128. The Hall–Kier alpha value is -2.06. The monoisotopic (exact) mass is 272 g/mol. The lowest BCUT2D eigenvalue weighted by atomic mass is 10.2. The highest BCUT2D eigenvalue weighted by atomic mass is 35.5. The summed E-state index contributed by atoms with van der Waals surface area (Å²) in [6.45, 7) is 0. The van der Waals surface area contributed by atoms with E-state index < -0.39 is 5.97 Å². The summed E-state index contributed by atoms with van der Waals surface area (Å²) < 4.78 is 5.19. The molecule has 2 rings (SSSR count). The molecule has 0 aliphatic heterocycles. The first-order chi connectivity index (χ1) is 9.28. The Kier molecular flexibility index (Phi) is 4.76. The Balaban J connectivity index is 1.99. The molecule has 96 valence electrons. The molecule has 0 N–H and O–H groups in total. The Bertz CT molecular complexity index is 576. The second kappa shape index (κ2) is 6.76. The van der Waals surface area contributed by atoms with Crippen LogP contribution in [0.5, 0.6) is 5.75 Å². The zero-order valence-corrected chi connectivity index (χ0v) is 11.0. The van der Waals surface area contributed by atoms with E-state index in [1.54, 1.807) is 24.3 Å². The van der Waals surface area contributed by atoms with Gasteiger partial charge in [0, 0.05) is 12.0 Å². The lowest BCUT2D eigenvalue weighted by Gasteiger charge is -2.02. The van der Waals surface area contributed by atoms with E-state index in [-0.39, 0.29) is 0 Å². The van der Waals surface area contributed by atoms with Crippen LogP contribution in [0.15, 0.2) is 60.7 Å². The highest BCUT2D eigenvalue weighted by Gasteiger charge is 2.01. The van der Waals surface area contributed by atoms with Gasteiger partial charge in [0.05, 0.1) is 0 Å². The minimum absolute atomic E-state index is 0.394. The van der Waals surface area contributed by atoms with Crippen LogP contribution in [-0.2, 0) is 10.7 Å². The molecular weight excluding hydrogens is 260 g/mol. The summed E-state index contributed by atoms with van der Waals surface area (Å²) in [6.07, 6.45) is 3.12. The molecule has 0 spiro atoms. The molecule has 0 amide bonds. The van der Waals surface area contributed by atoms with E-state index in [2.05, 4.69) is 0 Å². The van der Waals surface area contributed by atoms with Crippen molar-refractivity contribution in [3.8, 4) is 5.75 Å². The number of benzene rings is 2. The Morgan fingerprint density at radius 1 is 1.11 bits per heavy atom. The third kappa shape index (κ3) is 4.27. The van der Waals surface area contributed by atoms with Gasteiger partial charge in [-0.2, -0.15) is 0 Å². The number of alkyl halides is 1. The fourth-order valence-corrected chi connectivity index (χ4v) is 1.74. The highest BCUT2D eigenvalue weighted by molar-refractivity contribution is 6.17. The fourth-order valence-electron chi connectivity index (χ4n) is 1.57. The fraction of sp³-hybridized carbons (Fsp3) is 0.0625. The van der Waals surface area contributed by atoms with Crippen LogP contribution >= 0.6 is 11.6 Å². The minimum atomic E-state index is -0.407. The van der Waals surface area contributed by atoms with Gasteiger partial charge in [0.25, 0.3) is 0 Å². The maximum absolute atomic E-state index is 11.6. The summed E-state index contributed by atoms with van der Waals surface area (Å²) in [7, 11) is 0. The summed E-state index contributed by atoms with van der Waals surface area (Å²) in [5, 5.41) is 0.